The van der Waals surface area contributed by atoms with Crippen LogP contribution in [0.1, 0.15) is 6.92 Å². The highest BCUT2D eigenvalue weighted by Gasteiger charge is 2.26. The van der Waals surface area contributed by atoms with Gasteiger partial charge in [-0.05, 0) is 12.0 Å². The van der Waals surface area contributed by atoms with E-state index in [1.807, 2.05) is 22.9 Å². The van der Waals surface area contributed by atoms with Gasteiger partial charge in [0.25, 0.3) is 0 Å². The molecular formula is C15H15ClN6S. The smallest absolute Gasteiger partial charge is 0.211 e. The zero-order chi connectivity index (χ0) is 16.0. The molecule has 118 valence electrons. The largest absolute Gasteiger partial charge is 0.382 e. The molecule has 3 aromatic heterocycles. The summed E-state index contributed by atoms with van der Waals surface area (Å²) >= 11 is 7.73. The van der Waals surface area contributed by atoms with Gasteiger partial charge in [0.1, 0.15) is 5.82 Å². The van der Waals surface area contributed by atoms with Gasteiger partial charge in [0.15, 0.2) is 5.65 Å². The molecule has 1 aliphatic rings. The van der Waals surface area contributed by atoms with Crippen molar-refractivity contribution in [3.05, 3.63) is 35.9 Å². The van der Waals surface area contributed by atoms with Gasteiger partial charge < -0.3 is 10.6 Å². The maximum Gasteiger partial charge on any atom is 0.211 e. The lowest BCUT2D eigenvalue weighted by Gasteiger charge is -2.38. The number of aromatic nitrogens is 4. The third-order valence-electron chi connectivity index (χ3n) is 3.82. The predicted molar refractivity (Wildman–Crippen MR) is 92.1 cm³/mol. The first kappa shape index (κ1) is 14.6. The molecule has 3 aromatic rings. The average Bonchev–Trinajstić information content (AvgIpc) is 2.99. The Morgan fingerprint density at radius 1 is 1.22 bits per heavy atom. The normalized spacial score (nSPS) is 15.1. The molecule has 23 heavy (non-hydrogen) atoms. The van der Waals surface area contributed by atoms with Crippen molar-refractivity contribution in [3.63, 3.8) is 0 Å². The molecule has 1 saturated heterocycles. The third kappa shape index (κ3) is 2.49. The van der Waals surface area contributed by atoms with Crippen LogP contribution in [0.4, 0.5) is 11.8 Å². The number of hydrogen-bond acceptors (Lipinski definition) is 6. The van der Waals surface area contributed by atoms with Crippen LogP contribution >= 0.6 is 23.4 Å². The molecule has 6 nitrogen and oxygen atoms in total. The molecule has 0 bridgehead atoms. The SMILES string of the molecule is CC1CN(c2ncc(Sc3ccnc(N)c3Cl)c3nccn23)C1. The van der Waals surface area contributed by atoms with Gasteiger partial charge in [0.2, 0.25) is 5.95 Å². The van der Waals surface area contributed by atoms with E-state index < -0.39 is 0 Å². The number of hydrogen-bond donors (Lipinski definition) is 1. The second kappa shape index (κ2) is 5.58. The van der Waals surface area contributed by atoms with Gasteiger partial charge in [-0.15, -0.1) is 0 Å². The van der Waals surface area contributed by atoms with Crippen molar-refractivity contribution in [1.82, 2.24) is 19.4 Å². The minimum Gasteiger partial charge on any atom is -0.382 e. The number of rotatable bonds is 3. The first-order valence-corrected chi connectivity index (χ1v) is 8.48. The van der Waals surface area contributed by atoms with Crippen molar-refractivity contribution in [2.24, 2.45) is 5.92 Å². The number of pyridine rings is 1. The molecule has 1 fully saturated rings. The van der Waals surface area contributed by atoms with E-state index in [1.54, 1.807) is 12.4 Å². The van der Waals surface area contributed by atoms with E-state index in [-0.39, 0.29) is 0 Å². The lowest BCUT2D eigenvalue weighted by atomic mass is 10.0. The molecule has 0 aliphatic carbocycles. The van der Waals surface area contributed by atoms with Crippen molar-refractivity contribution >= 4 is 40.8 Å². The van der Waals surface area contributed by atoms with Crippen LogP contribution in [0.2, 0.25) is 5.02 Å². The average molecular weight is 347 g/mol. The van der Waals surface area contributed by atoms with Gasteiger partial charge in [-0.3, -0.25) is 4.40 Å². The van der Waals surface area contributed by atoms with Crippen LogP contribution in [-0.4, -0.2) is 32.4 Å². The summed E-state index contributed by atoms with van der Waals surface area (Å²) in [6.45, 7) is 4.29. The van der Waals surface area contributed by atoms with Crippen molar-refractivity contribution in [2.75, 3.05) is 23.7 Å². The minimum atomic E-state index is 0.329. The van der Waals surface area contributed by atoms with Crippen LogP contribution in [0, 0.1) is 5.92 Å². The van der Waals surface area contributed by atoms with E-state index in [1.165, 1.54) is 11.8 Å². The fourth-order valence-electron chi connectivity index (χ4n) is 2.69. The van der Waals surface area contributed by atoms with Gasteiger partial charge >= 0.3 is 0 Å². The Kier molecular flexibility index (Phi) is 3.54. The maximum atomic E-state index is 6.23. The van der Waals surface area contributed by atoms with E-state index in [4.69, 9.17) is 17.3 Å². The highest BCUT2D eigenvalue weighted by Crippen LogP contribution is 2.37. The topological polar surface area (TPSA) is 72.3 Å². The zero-order valence-corrected chi connectivity index (χ0v) is 14.1. The van der Waals surface area contributed by atoms with Crippen molar-refractivity contribution in [3.8, 4) is 0 Å². The van der Waals surface area contributed by atoms with E-state index in [0.717, 1.165) is 34.5 Å². The molecule has 0 atom stereocenters. The Morgan fingerprint density at radius 3 is 2.83 bits per heavy atom. The molecule has 0 amide bonds. The first-order chi connectivity index (χ1) is 11.1. The van der Waals surface area contributed by atoms with E-state index in [9.17, 15) is 0 Å². The molecule has 0 saturated carbocycles. The molecule has 8 heteroatoms. The van der Waals surface area contributed by atoms with Crippen molar-refractivity contribution < 1.29 is 0 Å². The molecular weight excluding hydrogens is 332 g/mol. The molecule has 4 rings (SSSR count). The molecule has 0 aromatic carbocycles. The number of nitrogen functional groups attached to an aromatic ring is 1. The molecule has 4 heterocycles. The minimum absolute atomic E-state index is 0.329. The molecule has 1 aliphatic heterocycles. The van der Waals surface area contributed by atoms with Gasteiger partial charge in [0, 0.05) is 42.8 Å². The van der Waals surface area contributed by atoms with Gasteiger partial charge in [-0.2, -0.15) is 0 Å². The highest BCUT2D eigenvalue weighted by atomic mass is 35.5. The van der Waals surface area contributed by atoms with E-state index in [0.29, 0.717) is 16.8 Å². The molecule has 0 radical (unpaired) electrons. The number of fused-ring (bicyclic) bond motifs is 1. The first-order valence-electron chi connectivity index (χ1n) is 7.28. The molecule has 2 N–H and O–H groups in total. The fraction of sp³-hybridized carbons (Fsp3) is 0.267. The second-order valence-corrected chi connectivity index (χ2v) is 7.13. The Balaban J connectivity index is 1.73. The molecule has 0 spiro atoms. The summed E-state index contributed by atoms with van der Waals surface area (Å²) < 4.78 is 2.02. The second-order valence-electron chi connectivity index (χ2n) is 5.66. The Bertz CT molecular complexity index is 874. The van der Waals surface area contributed by atoms with Crippen LogP contribution in [0.5, 0.6) is 0 Å². The number of halogens is 1. The van der Waals surface area contributed by atoms with Crippen LogP contribution in [-0.2, 0) is 0 Å². The Hall–Kier alpha value is -1.99. The Labute approximate surface area is 142 Å². The quantitative estimate of drug-likeness (QED) is 0.786. The highest BCUT2D eigenvalue weighted by molar-refractivity contribution is 7.99. The summed E-state index contributed by atoms with van der Waals surface area (Å²) in [6.07, 6.45) is 7.22. The number of nitrogens with zero attached hydrogens (tertiary/aromatic N) is 5. The van der Waals surface area contributed by atoms with Crippen molar-refractivity contribution in [1.29, 1.82) is 0 Å². The summed E-state index contributed by atoms with van der Waals surface area (Å²) in [5.41, 5.74) is 6.64. The summed E-state index contributed by atoms with van der Waals surface area (Å²) in [5.74, 6) is 1.97. The predicted octanol–water partition coefficient (Wildman–Crippen LogP) is 2.97. The van der Waals surface area contributed by atoms with Crippen LogP contribution in [0.25, 0.3) is 5.65 Å². The Morgan fingerprint density at radius 2 is 2.04 bits per heavy atom. The summed E-state index contributed by atoms with van der Waals surface area (Å²) in [6, 6.07) is 1.84. The van der Waals surface area contributed by atoms with Crippen LogP contribution < -0.4 is 10.6 Å². The van der Waals surface area contributed by atoms with Gasteiger partial charge in [-0.25, -0.2) is 15.0 Å². The van der Waals surface area contributed by atoms with Gasteiger partial charge in [0.05, 0.1) is 9.92 Å². The summed E-state index contributed by atoms with van der Waals surface area (Å²) in [5, 5.41) is 0.461. The third-order valence-corrected chi connectivity index (χ3v) is 5.40. The van der Waals surface area contributed by atoms with Gasteiger partial charge in [-0.1, -0.05) is 30.3 Å². The van der Waals surface area contributed by atoms with Crippen molar-refractivity contribution in [2.45, 2.75) is 16.7 Å². The fourth-order valence-corrected chi connectivity index (χ4v) is 3.83. The lowest BCUT2D eigenvalue weighted by molar-refractivity contribution is 0.437. The number of nitrogens with two attached hydrogens (primary N) is 1. The van der Waals surface area contributed by atoms with Crippen LogP contribution in [0.15, 0.2) is 40.6 Å². The molecule has 0 unspecified atom stereocenters. The monoisotopic (exact) mass is 346 g/mol. The van der Waals surface area contributed by atoms with E-state index >= 15 is 0 Å². The maximum absolute atomic E-state index is 6.23. The number of imidazole rings is 1. The standard InChI is InChI=1S/C15H15ClN6S/c1-9-7-21(8-9)15-20-6-11(14-19-4-5-22(14)15)23-10-2-3-18-13(17)12(10)16/h2-6,9H,7-8H2,1H3,(H2,17,18). The lowest BCUT2D eigenvalue weighted by Crippen LogP contribution is -2.46. The summed E-state index contributed by atoms with van der Waals surface area (Å²) in [4.78, 5) is 17.1. The number of anilines is 2. The summed E-state index contributed by atoms with van der Waals surface area (Å²) in [7, 11) is 0. The zero-order valence-electron chi connectivity index (χ0n) is 12.5. The van der Waals surface area contributed by atoms with Crippen LogP contribution in [0.3, 0.4) is 0 Å². The van der Waals surface area contributed by atoms with E-state index in [2.05, 4.69) is 26.8 Å².